The Morgan fingerprint density at radius 1 is 1.14 bits per heavy atom. The summed E-state index contributed by atoms with van der Waals surface area (Å²) in [4.78, 5) is 40.8. The molecule has 2 aliphatic rings. The predicted molar refractivity (Wildman–Crippen MR) is 138 cm³/mol. The molecule has 184 valence electrons. The van der Waals surface area contributed by atoms with Gasteiger partial charge in [-0.05, 0) is 43.6 Å². The number of para-hydroxylation sites is 1. The number of rotatable bonds is 4. The fourth-order valence-electron chi connectivity index (χ4n) is 5.00. The molecule has 11 heteroatoms. The van der Waals surface area contributed by atoms with Gasteiger partial charge in [-0.25, -0.2) is 9.78 Å². The van der Waals surface area contributed by atoms with Gasteiger partial charge in [0, 0.05) is 12.1 Å². The Labute approximate surface area is 207 Å². The number of anilines is 1. The Kier molecular flexibility index (Phi) is 6.78. The van der Waals surface area contributed by atoms with E-state index in [0.717, 1.165) is 50.1 Å². The number of fused-ring (bicyclic) bond motifs is 1. The lowest BCUT2D eigenvalue weighted by molar-refractivity contribution is 0.387. The summed E-state index contributed by atoms with van der Waals surface area (Å²) in [7, 11) is -4.48. The van der Waals surface area contributed by atoms with Crippen LogP contribution in [0.4, 0.5) is 5.82 Å². The molecule has 1 aliphatic carbocycles. The fourth-order valence-corrected chi connectivity index (χ4v) is 6.97. The summed E-state index contributed by atoms with van der Waals surface area (Å²) in [6.45, 7) is 0.281. The Balaban J connectivity index is 1.54. The quantitative estimate of drug-likeness (QED) is 0.358. The number of nitrogens with two attached hydrogens (primary N) is 1. The molecule has 3 heterocycles. The highest BCUT2D eigenvalue weighted by atomic mass is 32.2. The van der Waals surface area contributed by atoms with Crippen LogP contribution in [0.15, 0.2) is 29.2 Å². The molecule has 9 nitrogen and oxygen atoms in total. The van der Waals surface area contributed by atoms with E-state index in [-0.39, 0.29) is 34.6 Å². The van der Waals surface area contributed by atoms with Crippen LogP contribution in [0.1, 0.15) is 67.6 Å². The largest absolute Gasteiger partial charge is 0.382 e. The molecule has 1 aromatic carbocycles. The van der Waals surface area contributed by atoms with E-state index in [4.69, 9.17) is 10.7 Å². The topological polar surface area (TPSA) is 136 Å². The van der Waals surface area contributed by atoms with Gasteiger partial charge >= 0.3 is 13.3 Å². The molecule has 1 saturated heterocycles. The van der Waals surface area contributed by atoms with Crippen molar-refractivity contribution in [1.82, 2.24) is 19.1 Å². The summed E-state index contributed by atoms with van der Waals surface area (Å²) in [5.41, 5.74) is 7.13. The first-order valence-electron chi connectivity index (χ1n) is 11.9. The van der Waals surface area contributed by atoms with Gasteiger partial charge in [0.05, 0.1) is 28.3 Å². The van der Waals surface area contributed by atoms with Gasteiger partial charge in [-0.3, -0.25) is 9.13 Å². The zero-order valence-corrected chi connectivity index (χ0v) is 21.0. The number of thioether (sulfide) groups is 1. The molecule has 0 bridgehead atoms. The molecule has 3 aromatic rings. The van der Waals surface area contributed by atoms with Crippen LogP contribution in [-0.4, -0.2) is 34.6 Å². The lowest BCUT2D eigenvalue weighted by Gasteiger charge is -2.21. The third-order valence-corrected chi connectivity index (χ3v) is 9.09. The molecule has 2 fully saturated rings. The maximum absolute atomic E-state index is 12.4. The minimum atomic E-state index is -4.48. The smallest absolute Gasteiger partial charge is 0.358 e. The number of nitrogens with zero attached hydrogens (tertiary/aromatic N) is 4. The Hall–Kier alpha value is -2.57. The van der Waals surface area contributed by atoms with Gasteiger partial charge in [0.1, 0.15) is 17.2 Å². The summed E-state index contributed by atoms with van der Waals surface area (Å²) in [6, 6.07) is 4.90. The van der Waals surface area contributed by atoms with E-state index in [1.165, 1.54) is 12.5 Å². The van der Waals surface area contributed by atoms with Crippen LogP contribution in [-0.2, 0) is 11.1 Å². The summed E-state index contributed by atoms with van der Waals surface area (Å²) >= 11 is 1.73. The number of nitrogen functional groups attached to an aromatic ring is 1. The molecule has 5 rings (SSSR count). The third kappa shape index (κ3) is 4.91. The minimum absolute atomic E-state index is 0.0534. The average Bonchev–Trinajstić information content (AvgIpc) is 3.49. The third-order valence-electron chi connectivity index (χ3n) is 6.73. The molecule has 4 N–H and O–H groups in total. The summed E-state index contributed by atoms with van der Waals surface area (Å²) < 4.78 is 15.7. The van der Waals surface area contributed by atoms with Crippen LogP contribution in [0.2, 0.25) is 0 Å². The highest BCUT2D eigenvalue weighted by Crippen LogP contribution is 2.39. The second kappa shape index (κ2) is 9.82. The van der Waals surface area contributed by atoms with Crippen molar-refractivity contribution in [2.75, 3.05) is 11.5 Å². The Morgan fingerprint density at radius 2 is 1.94 bits per heavy atom. The summed E-state index contributed by atoms with van der Waals surface area (Å²) in [6.07, 6.45) is 9.04. The van der Waals surface area contributed by atoms with Crippen molar-refractivity contribution in [1.29, 1.82) is 0 Å². The van der Waals surface area contributed by atoms with E-state index in [1.54, 1.807) is 28.6 Å². The van der Waals surface area contributed by atoms with Gasteiger partial charge < -0.3 is 20.1 Å². The molecule has 2 aromatic heterocycles. The number of imidazole rings is 1. The Morgan fingerprint density at radius 3 is 2.66 bits per heavy atom. The molecule has 35 heavy (non-hydrogen) atoms. The molecule has 1 atom stereocenters. The highest BCUT2D eigenvalue weighted by molar-refractivity contribution is 7.99. The molecule has 1 saturated carbocycles. The van der Waals surface area contributed by atoms with Crippen LogP contribution in [0, 0.1) is 11.8 Å². The van der Waals surface area contributed by atoms with E-state index < -0.39 is 7.60 Å². The number of aromatic nitrogens is 4. The molecule has 0 spiro atoms. The monoisotopic (exact) mass is 513 g/mol. The van der Waals surface area contributed by atoms with Gasteiger partial charge in [-0.1, -0.05) is 37.2 Å². The van der Waals surface area contributed by atoms with Crippen LogP contribution in [0.25, 0.3) is 11.0 Å². The maximum Gasteiger partial charge on any atom is 0.358 e. The van der Waals surface area contributed by atoms with Crippen molar-refractivity contribution in [2.24, 2.45) is 0 Å². The van der Waals surface area contributed by atoms with Crippen molar-refractivity contribution < 1.29 is 14.4 Å². The Bertz CT molecular complexity index is 1420. The SMILES string of the molecule is Nc1nc(=O)n([C@@H]2CCCS2)cc1C#CCn1c(C2CCCCC2)nc2c(P(=O)(O)O)cccc21. The zero-order chi connectivity index (χ0) is 24.6. The van der Waals surface area contributed by atoms with E-state index >= 15 is 0 Å². The highest BCUT2D eigenvalue weighted by Gasteiger charge is 2.27. The predicted octanol–water partition coefficient (Wildman–Crippen LogP) is 3.10. The summed E-state index contributed by atoms with van der Waals surface area (Å²) in [5, 5.41) is -0.00826. The number of hydrogen-bond acceptors (Lipinski definition) is 6. The fraction of sp³-hybridized carbons (Fsp3) is 0.458. The van der Waals surface area contributed by atoms with Crippen LogP contribution >= 0.6 is 19.4 Å². The van der Waals surface area contributed by atoms with Crippen LogP contribution in [0.5, 0.6) is 0 Å². The minimum Gasteiger partial charge on any atom is -0.382 e. The van der Waals surface area contributed by atoms with Gasteiger partial charge in [0.15, 0.2) is 0 Å². The van der Waals surface area contributed by atoms with E-state index in [0.29, 0.717) is 16.6 Å². The van der Waals surface area contributed by atoms with Crippen molar-refractivity contribution >= 4 is 41.5 Å². The van der Waals surface area contributed by atoms with Crippen LogP contribution in [0.3, 0.4) is 0 Å². The van der Waals surface area contributed by atoms with Gasteiger partial charge in [-0.2, -0.15) is 4.98 Å². The van der Waals surface area contributed by atoms with E-state index in [1.807, 2.05) is 10.6 Å². The van der Waals surface area contributed by atoms with E-state index in [2.05, 4.69) is 16.8 Å². The first kappa shape index (κ1) is 24.1. The molecule has 1 aliphatic heterocycles. The van der Waals surface area contributed by atoms with Crippen molar-refractivity contribution in [3.05, 3.63) is 46.3 Å². The lowest BCUT2D eigenvalue weighted by Crippen LogP contribution is -2.26. The molecule has 0 amide bonds. The maximum atomic E-state index is 12.4. The normalized spacial score (nSPS) is 19.1. The van der Waals surface area contributed by atoms with Crippen molar-refractivity contribution in [2.45, 2.75) is 62.8 Å². The molecule has 0 unspecified atom stereocenters. The zero-order valence-electron chi connectivity index (χ0n) is 19.3. The first-order chi connectivity index (χ1) is 16.8. The lowest BCUT2D eigenvalue weighted by atomic mass is 9.88. The molecule has 0 radical (unpaired) electrons. The molecular formula is C24H28N5O4PS. The van der Waals surface area contributed by atoms with Crippen molar-refractivity contribution in [3.8, 4) is 11.8 Å². The number of benzene rings is 1. The second-order valence-electron chi connectivity index (χ2n) is 9.08. The van der Waals surface area contributed by atoms with Gasteiger partial charge in [-0.15, -0.1) is 11.8 Å². The standard InChI is InChI=1S/C24H28N5O4PS/c25-22-17(15-29(24(30)27-22)20-12-6-14-35-20)9-5-13-28-18-10-4-11-19(34(31,32)33)21(18)26-23(28)16-7-2-1-3-8-16/h4,10-11,15-16,20H,1-3,6-8,12-14H2,(H2,25,27,30)(H2,31,32,33)/t20-/m0/s1. The molecular weight excluding hydrogens is 485 g/mol. The first-order valence-corrected chi connectivity index (χ1v) is 14.5. The van der Waals surface area contributed by atoms with Gasteiger partial charge in [0.25, 0.3) is 0 Å². The van der Waals surface area contributed by atoms with Crippen LogP contribution < -0.4 is 16.7 Å². The number of hydrogen-bond donors (Lipinski definition) is 3. The van der Waals surface area contributed by atoms with E-state index in [9.17, 15) is 19.1 Å². The average molecular weight is 514 g/mol. The van der Waals surface area contributed by atoms with Crippen molar-refractivity contribution in [3.63, 3.8) is 0 Å². The van der Waals surface area contributed by atoms with Gasteiger partial charge in [0.2, 0.25) is 0 Å². The summed E-state index contributed by atoms with van der Waals surface area (Å²) in [5.74, 6) is 8.37. The second-order valence-corrected chi connectivity index (χ2v) is 11.9.